The Labute approximate surface area is 191 Å². The number of aryl methyl sites for hydroxylation is 2. The molecular formula is C28H32O4. The first kappa shape index (κ1) is 23.6. The number of hydrogen-bond acceptors (Lipinski definition) is 4. The van der Waals surface area contributed by atoms with Gasteiger partial charge in [-0.15, -0.1) is 0 Å². The molecule has 0 aliphatic carbocycles. The second-order valence-electron chi connectivity index (χ2n) is 8.81. The van der Waals surface area contributed by atoms with Crippen molar-refractivity contribution < 1.29 is 19.0 Å². The van der Waals surface area contributed by atoms with Gasteiger partial charge in [0.2, 0.25) is 0 Å². The highest BCUT2D eigenvalue weighted by Gasteiger charge is 2.18. The van der Waals surface area contributed by atoms with Crippen molar-refractivity contribution in [3.63, 3.8) is 0 Å². The SMILES string of the molecule is COCc1cccc(CCc2ccccc2)c1OCc1ccc(C(=O)OC(C)(C)C)cc1. The molecule has 0 saturated heterocycles. The molecule has 4 nitrogen and oxygen atoms in total. The Hall–Kier alpha value is -3.11. The number of esters is 1. The van der Waals surface area contributed by atoms with Gasteiger partial charge in [-0.2, -0.15) is 0 Å². The van der Waals surface area contributed by atoms with Gasteiger partial charge in [0.1, 0.15) is 18.0 Å². The van der Waals surface area contributed by atoms with E-state index in [-0.39, 0.29) is 5.97 Å². The molecule has 0 N–H and O–H groups in total. The van der Waals surface area contributed by atoms with Gasteiger partial charge < -0.3 is 14.2 Å². The summed E-state index contributed by atoms with van der Waals surface area (Å²) in [6.45, 7) is 6.49. The van der Waals surface area contributed by atoms with Gasteiger partial charge in [-0.25, -0.2) is 4.79 Å². The molecule has 3 aromatic carbocycles. The van der Waals surface area contributed by atoms with Gasteiger partial charge in [-0.05, 0) is 62.4 Å². The van der Waals surface area contributed by atoms with Crippen LogP contribution in [0, 0.1) is 0 Å². The van der Waals surface area contributed by atoms with Crippen molar-refractivity contribution in [3.05, 3.63) is 101 Å². The van der Waals surface area contributed by atoms with Gasteiger partial charge >= 0.3 is 5.97 Å². The second-order valence-corrected chi connectivity index (χ2v) is 8.81. The topological polar surface area (TPSA) is 44.8 Å². The zero-order valence-corrected chi connectivity index (χ0v) is 19.4. The molecule has 168 valence electrons. The Morgan fingerprint density at radius 2 is 1.44 bits per heavy atom. The maximum Gasteiger partial charge on any atom is 0.338 e. The van der Waals surface area contributed by atoms with E-state index in [4.69, 9.17) is 14.2 Å². The van der Waals surface area contributed by atoms with Crippen LogP contribution in [-0.2, 0) is 35.5 Å². The second kappa shape index (κ2) is 11.0. The van der Waals surface area contributed by atoms with Crippen LogP contribution < -0.4 is 4.74 Å². The Morgan fingerprint density at radius 3 is 2.09 bits per heavy atom. The molecule has 0 unspecified atom stereocenters. The lowest BCUT2D eigenvalue weighted by Crippen LogP contribution is -2.23. The van der Waals surface area contributed by atoms with Crippen molar-refractivity contribution in [2.24, 2.45) is 0 Å². The van der Waals surface area contributed by atoms with Crippen molar-refractivity contribution in [1.29, 1.82) is 0 Å². The van der Waals surface area contributed by atoms with Crippen molar-refractivity contribution in [2.45, 2.75) is 52.4 Å². The summed E-state index contributed by atoms with van der Waals surface area (Å²) >= 11 is 0. The van der Waals surface area contributed by atoms with E-state index in [9.17, 15) is 4.79 Å². The smallest absolute Gasteiger partial charge is 0.338 e. The number of benzene rings is 3. The third-order valence-electron chi connectivity index (χ3n) is 4.98. The lowest BCUT2D eigenvalue weighted by Gasteiger charge is -2.19. The zero-order valence-electron chi connectivity index (χ0n) is 19.4. The molecular weight excluding hydrogens is 400 g/mol. The Kier molecular flexibility index (Phi) is 8.07. The fourth-order valence-corrected chi connectivity index (χ4v) is 3.44. The van der Waals surface area contributed by atoms with E-state index < -0.39 is 5.60 Å². The summed E-state index contributed by atoms with van der Waals surface area (Å²) in [5, 5.41) is 0. The Morgan fingerprint density at radius 1 is 0.750 bits per heavy atom. The predicted molar refractivity (Wildman–Crippen MR) is 127 cm³/mol. The van der Waals surface area contributed by atoms with Crippen molar-refractivity contribution in [3.8, 4) is 5.75 Å². The first-order valence-corrected chi connectivity index (χ1v) is 10.9. The normalized spacial score (nSPS) is 11.2. The van der Waals surface area contributed by atoms with Crippen LogP contribution in [0.4, 0.5) is 0 Å². The summed E-state index contributed by atoms with van der Waals surface area (Å²) in [5.41, 5.74) is 4.50. The van der Waals surface area contributed by atoms with E-state index >= 15 is 0 Å². The molecule has 3 aromatic rings. The van der Waals surface area contributed by atoms with Gasteiger partial charge in [0.15, 0.2) is 0 Å². The maximum absolute atomic E-state index is 12.2. The molecule has 0 fully saturated rings. The average Bonchev–Trinajstić information content (AvgIpc) is 2.77. The standard InChI is InChI=1S/C28H32O4/c1-28(2,3)32-27(29)24-17-14-22(15-18-24)19-31-26-23(11-8-12-25(26)20-30-4)16-13-21-9-6-5-7-10-21/h5-12,14-15,17-18H,13,16,19-20H2,1-4H3. The molecule has 0 spiro atoms. The summed E-state index contributed by atoms with van der Waals surface area (Å²) in [4.78, 5) is 12.2. The number of carbonyl (C=O) groups excluding carboxylic acids is 1. The van der Waals surface area contributed by atoms with Crippen LogP contribution in [0.1, 0.15) is 53.4 Å². The molecule has 0 amide bonds. The fourth-order valence-electron chi connectivity index (χ4n) is 3.44. The minimum absolute atomic E-state index is 0.321. The fraction of sp³-hybridized carbons (Fsp3) is 0.321. The van der Waals surface area contributed by atoms with Crippen LogP contribution in [-0.4, -0.2) is 18.7 Å². The maximum atomic E-state index is 12.2. The van der Waals surface area contributed by atoms with Gasteiger partial charge in [-0.3, -0.25) is 0 Å². The summed E-state index contributed by atoms with van der Waals surface area (Å²) in [6.07, 6.45) is 1.83. The third-order valence-corrected chi connectivity index (χ3v) is 4.98. The predicted octanol–water partition coefficient (Wildman–Crippen LogP) is 6.15. The minimum Gasteiger partial charge on any atom is -0.488 e. The molecule has 0 aliphatic heterocycles. The van der Waals surface area contributed by atoms with Crippen LogP contribution in [0.25, 0.3) is 0 Å². The van der Waals surface area contributed by atoms with Gasteiger partial charge in [0.25, 0.3) is 0 Å². The van der Waals surface area contributed by atoms with Gasteiger partial charge in [0, 0.05) is 12.7 Å². The molecule has 0 saturated carbocycles. The lowest BCUT2D eigenvalue weighted by molar-refractivity contribution is 0.00695. The van der Waals surface area contributed by atoms with Crippen molar-refractivity contribution >= 4 is 5.97 Å². The van der Waals surface area contributed by atoms with Crippen molar-refractivity contribution in [1.82, 2.24) is 0 Å². The molecule has 0 radical (unpaired) electrons. The third kappa shape index (κ3) is 6.96. The molecule has 0 bridgehead atoms. The highest BCUT2D eigenvalue weighted by Crippen LogP contribution is 2.27. The zero-order chi connectivity index (χ0) is 23.0. The van der Waals surface area contributed by atoms with Crippen LogP contribution in [0.5, 0.6) is 5.75 Å². The van der Waals surface area contributed by atoms with Crippen LogP contribution in [0.3, 0.4) is 0 Å². The summed E-state index contributed by atoms with van der Waals surface area (Å²) in [7, 11) is 1.69. The molecule has 4 heteroatoms. The van der Waals surface area contributed by atoms with E-state index in [0.29, 0.717) is 18.8 Å². The monoisotopic (exact) mass is 432 g/mol. The van der Waals surface area contributed by atoms with Gasteiger partial charge in [0.05, 0.1) is 12.2 Å². The highest BCUT2D eigenvalue weighted by molar-refractivity contribution is 5.89. The lowest BCUT2D eigenvalue weighted by atomic mass is 10.0. The Balaban J connectivity index is 1.71. The first-order chi connectivity index (χ1) is 15.4. The number of rotatable bonds is 9. The summed E-state index contributed by atoms with van der Waals surface area (Å²) < 4.78 is 17.1. The number of ether oxygens (including phenoxy) is 3. The number of hydrogen-bond donors (Lipinski definition) is 0. The summed E-state index contributed by atoms with van der Waals surface area (Å²) in [5.74, 6) is 0.556. The quantitative estimate of drug-likeness (QED) is 0.380. The van der Waals surface area contributed by atoms with Gasteiger partial charge in [-0.1, -0.05) is 60.7 Å². The highest BCUT2D eigenvalue weighted by atomic mass is 16.6. The van der Waals surface area contributed by atoms with E-state index in [0.717, 1.165) is 35.3 Å². The van der Waals surface area contributed by atoms with Crippen LogP contribution >= 0.6 is 0 Å². The van der Waals surface area contributed by atoms with E-state index in [1.807, 2.05) is 45.0 Å². The van der Waals surface area contributed by atoms with Crippen LogP contribution in [0.2, 0.25) is 0 Å². The molecule has 0 heterocycles. The molecule has 32 heavy (non-hydrogen) atoms. The number of para-hydroxylation sites is 1. The van der Waals surface area contributed by atoms with Crippen molar-refractivity contribution in [2.75, 3.05) is 7.11 Å². The average molecular weight is 433 g/mol. The first-order valence-electron chi connectivity index (χ1n) is 10.9. The molecule has 0 atom stereocenters. The van der Waals surface area contributed by atoms with E-state index in [2.05, 4.69) is 36.4 Å². The Bertz CT molecular complexity index is 1000. The van der Waals surface area contributed by atoms with E-state index in [1.54, 1.807) is 19.2 Å². The molecule has 3 rings (SSSR count). The number of carbonyl (C=O) groups is 1. The largest absolute Gasteiger partial charge is 0.488 e. The molecule has 0 aliphatic rings. The van der Waals surface area contributed by atoms with Crippen LogP contribution in [0.15, 0.2) is 72.8 Å². The summed E-state index contributed by atoms with van der Waals surface area (Å²) in [6, 6.07) is 24.0. The molecule has 0 aromatic heterocycles. The van der Waals surface area contributed by atoms with E-state index in [1.165, 1.54) is 5.56 Å². The minimum atomic E-state index is -0.514. The number of methoxy groups -OCH3 is 1.